The third-order valence-electron chi connectivity index (χ3n) is 5.42. The first-order valence-corrected chi connectivity index (χ1v) is 10.2. The van der Waals surface area contributed by atoms with Gasteiger partial charge in [0.05, 0.1) is 13.1 Å². The average molecular weight is 471 g/mol. The third-order valence-corrected chi connectivity index (χ3v) is 5.42. The van der Waals surface area contributed by atoms with Crippen molar-refractivity contribution in [1.82, 2.24) is 15.8 Å². The summed E-state index contributed by atoms with van der Waals surface area (Å²) in [7, 11) is 0. The van der Waals surface area contributed by atoms with E-state index in [4.69, 9.17) is 14.4 Å². The molecule has 1 aromatic heterocycles. The number of amides is 2. The molecular formula is C23H19F2N3O6. The molecule has 9 nitrogen and oxygen atoms in total. The fraction of sp³-hybridized carbons (Fsp3) is 0.217. The van der Waals surface area contributed by atoms with Crippen LogP contribution in [-0.2, 0) is 16.1 Å². The molecule has 0 fully saturated rings. The normalized spacial score (nSPS) is 12.5. The van der Waals surface area contributed by atoms with Gasteiger partial charge in [0.2, 0.25) is 0 Å². The van der Waals surface area contributed by atoms with Crippen LogP contribution in [0.5, 0.6) is 0 Å². The molecule has 2 aromatic carbocycles. The molecule has 0 atom stereocenters. The minimum atomic E-state index is -4.13. The highest BCUT2D eigenvalue weighted by molar-refractivity contribution is 5.95. The Bertz CT molecular complexity index is 1200. The average Bonchev–Trinajstić information content (AvgIpc) is 3.42. The SMILES string of the molecule is O=C(NCc1nocc1C(=O)NCC(F)(F)C(=O)O)OCC1c2ccccc2-c2ccccc21. The van der Waals surface area contributed by atoms with Crippen molar-refractivity contribution >= 4 is 18.0 Å². The Morgan fingerprint density at radius 2 is 1.65 bits per heavy atom. The molecule has 1 aliphatic rings. The quantitative estimate of drug-likeness (QED) is 0.460. The zero-order valence-corrected chi connectivity index (χ0v) is 17.6. The standard InChI is InChI=1S/C23H19F2N3O6/c24-23(25,21(30)31)12-27-20(29)18-11-34-28-19(18)9-26-22(32)33-10-17-15-7-3-1-5-13(15)14-6-2-4-8-16(14)17/h1-8,11,17H,9-10,12H2,(H,26,32)(H,27,29)(H,30,31). The number of aliphatic carboxylic acids is 1. The topological polar surface area (TPSA) is 131 Å². The van der Waals surface area contributed by atoms with Crippen LogP contribution < -0.4 is 10.6 Å². The van der Waals surface area contributed by atoms with Crippen LogP contribution in [0.25, 0.3) is 11.1 Å². The number of carbonyl (C=O) groups excluding carboxylic acids is 2. The monoisotopic (exact) mass is 471 g/mol. The van der Waals surface area contributed by atoms with Gasteiger partial charge in [0.15, 0.2) is 0 Å². The second-order valence-corrected chi connectivity index (χ2v) is 7.55. The zero-order valence-electron chi connectivity index (χ0n) is 17.6. The van der Waals surface area contributed by atoms with Gasteiger partial charge in [-0.2, -0.15) is 8.78 Å². The number of alkyl carbamates (subject to hydrolysis) is 1. The number of carbonyl (C=O) groups is 3. The Hall–Kier alpha value is -4.28. The Kier molecular flexibility index (Phi) is 6.26. The van der Waals surface area contributed by atoms with E-state index in [0.717, 1.165) is 28.5 Å². The molecule has 0 saturated heterocycles. The van der Waals surface area contributed by atoms with E-state index in [1.165, 1.54) is 0 Å². The molecule has 1 aliphatic carbocycles. The van der Waals surface area contributed by atoms with E-state index in [1.807, 2.05) is 48.5 Å². The number of carboxylic acids is 1. The largest absolute Gasteiger partial charge is 0.477 e. The van der Waals surface area contributed by atoms with Crippen molar-refractivity contribution in [1.29, 1.82) is 0 Å². The number of nitrogens with zero attached hydrogens (tertiary/aromatic N) is 1. The molecule has 3 aromatic rings. The maximum absolute atomic E-state index is 13.2. The van der Waals surface area contributed by atoms with Gasteiger partial charge < -0.3 is 25.0 Å². The van der Waals surface area contributed by atoms with Gasteiger partial charge in [-0.1, -0.05) is 53.7 Å². The number of fused-ring (bicyclic) bond motifs is 3. The molecule has 11 heteroatoms. The molecule has 1 heterocycles. The highest BCUT2D eigenvalue weighted by atomic mass is 19.3. The van der Waals surface area contributed by atoms with Crippen molar-refractivity contribution in [3.63, 3.8) is 0 Å². The van der Waals surface area contributed by atoms with E-state index in [-0.39, 0.29) is 30.3 Å². The first-order valence-electron chi connectivity index (χ1n) is 10.2. The van der Waals surface area contributed by atoms with E-state index in [9.17, 15) is 23.2 Å². The lowest BCUT2D eigenvalue weighted by molar-refractivity contribution is -0.163. The number of alkyl halides is 2. The van der Waals surface area contributed by atoms with Gasteiger partial charge in [0.1, 0.15) is 24.1 Å². The summed E-state index contributed by atoms with van der Waals surface area (Å²) >= 11 is 0. The van der Waals surface area contributed by atoms with Crippen molar-refractivity contribution in [2.45, 2.75) is 18.4 Å². The number of carboxylic acid groups (broad SMARTS) is 1. The lowest BCUT2D eigenvalue weighted by Gasteiger charge is -2.14. The van der Waals surface area contributed by atoms with Gasteiger partial charge in [-0.3, -0.25) is 4.79 Å². The Morgan fingerprint density at radius 3 is 2.26 bits per heavy atom. The molecule has 0 spiro atoms. The lowest BCUT2D eigenvalue weighted by Crippen LogP contribution is -2.42. The zero-order chi connectivity index (χ0) is 24.3. The number of hydrogen-bond donors (Lipinski definition) is 3. The molecular weight excluding hydrogens is 452 g/mol. The molecule has 4 rings (SSSR count). The van der Waals surface area contributed by atoms with Crippen LogP contribution in [0.3, 0.4) is 0 Å². The van der Waals surface area contributed by atoms with Crippen LogP contribution in [0.2, 0.25) is 0 Å². The molecule has 176 valence electrons. The predicted octanol–water partition coefficient (Wildman–Crippen LogP) is 3.16. The fourth-order valence-electron chi connectivity index (χ4n) is 3.74. The Labute approximate surface area is 191 Å². The predicted molar refractivity (Wildman–Crippen MR) is 113 cm³/mol. The van der Waals surface area contributed by atoms with Crippen molar-refractivity contribution in [2.24, 2.45) is 0 Å². The number of benzene rings is 2. The van der Waals surface area contributed by atoms with Gasteiger partial charge in [-0.15, -0.1) is 0 Å². The number of nitrogens with one attached hydrogen (secondary N) is 2. The van der Waals surface area contributed by atoms with Crippen LogP contribution in [0, 0.1) is 0 Å². The van der Waals surface area contributed by atoms with E-state index < -0.39 is 30.4 Å². The minimum absolute atomic E-state index is 0.0374. The van der Waals surface area contributed by atoms with Gasteiger partial charge in [0, 0.05) is 5.92 Å². The molecule has 3 N–H and O–H groups in total. The number of aromatic nitrogens is 1. The molecule has 2 amide bonds. The van der Waals surface area contributed by atoms with Crippen molar-refractivity contribution in [2.75, 3.05) is 13.2 Å². The minimum Gasteiger partial charge on any atom is -0.477 e. The smallest absolute Gasteiger partial charge is 0.407 e. The summed E-state index contributed by atoms with van der Waals surface area (Å²) in [6, 6.07) is 15.7. The summed E-state index contributed by atoms with van der Waals surface area (Å²) in [6.07, 6.45) is 0.136. The van der Waals surface area contributed by atoms with Crippen molar-refractivity contribution in [3.05, 3.63) is 77.2 Å². The van der Waals surface area contributed by atoms with E-state index in [2.05, 4.69) is 10.5 Å². The second-order valence-electron chi connectivity index (χ2n) is 7.55. The third kappa shape index (κ3) is 4.58. The van der Waals surface area contributed by atoms with Crippen molar-refractivity contribution < 1.29 is 37.5 Å². The summed E-state index contributed by atoms with van der Waals surface area (Å²) in [6.45, 7) is -1.60. The maximum Gasteiger partial charge on any atom is 0.407 e. The lowest BCUT2D eigenvalue weighted by atomic mass is 9.98. The summed E-state index contributed by atoms with van der Waals surface area (Å²) in [4.78, 5) is 34.8. The number of ether oxygens (including phenoxy) is 1. The molecule has 34 heavy (non-hydrogen) atoms. The van der Waals surface area contributed by atoms with Crippen LogP contribution in [0.15, 0.2) is 59.3 Å². The van der Waals surface area contributed by atoms with Crippen LogP contribution in [0.4, 0.5) is 13.6 Å². The number of rotatable bonds is 8. The summed E-state index contributed by atoms with van der Waals surface area (Å²) in [5.41, 5.74) is 4.00. The second kappa shape index (κ2) is 9.30. The highest BCUT2D eigenvalue weighted by Gasteiger charge is 2.39. The fourth-order valence-corrected chi connectivity index (χ4v) is 3.74. The highest BCUT2D eigenvalue weighted by Crippen LogP contribution is 2.44. The summed E-state index contributed by atoms with van der Waals surface area (Å²) < 4.78 is 36.4. The van der Waals surface area contributed by atoms with Crippen LogP contribution in [0.1, 0.15) is 33.1 Å². The molecule has 0 radical (unpaired) electrons. The van der Waals surface area contributed by atoms with Gasteiger partial charge in [0.25, 0.3) is 5.91 Å². The molecule has 0 saturated carbocycles. The van der Waals surface area contributed by atoms with Gasteiger partial charge in [-0.25, -0.2) is 9.59 Å². The molecule has 0 aliphatic heterocycles. The molecule has 0 bridgehead atoms. The van der Waals surface area contributed by atoms with E-state index in [1.54, 1.807) is 5.32 Å². The van der Waals surface area contributed by atoms with Gasteiger partial charge in [-0.05, 0) is 22.3 Å². The first-order chi connectivity index (χ1) is 16.3. The molecule has 0 unspecified atom stereocenters. The summed E-state index contributed by atoms with van der Waals surface area (Å²) in [5.74, 6) is -7.66. The summed E-state index contributed by atoms with van der Waals surface area (Å²) in [5, 5.41) is 16.2. The number of halogens is 2. The number of hydrogen-bond acceptors (Lipinski definition) is 6. The first kappa shape index (κ1) is 22.9. The Morgan fingerprint density at radius 1 is 1.03 bits per heavy atom. The maximum atomic E-state index is 13.2. The van der Waals surface area contributed by atoms with Crippen molar-refractivity contribution in [3.8, 4) is 11.1 Å². The van der Waals surface area contributed by atoms with E-state index in [0.29, 0.717) is 0 Å². The van der Waals surface area contributed by atoms with Gasteiger partial charge >= 0.3 is 18.0 Å². The van der Waals surface area contributed by atoms with Crippen LogP contribution >= 0.6 is 0 Å². The Balaban J connectivity index is 1.33. The van der Waals surface area contributed by atoms with E-state index >= 15 is 0 Å². The van der Waals surface area contributed by atoms with Crippen LogP contribution in [-0.4, -0.2) is 47.3 Å².